The third-order valence-corrected chi connectivity index (χ3v) is 2.44. The van der Waals surface area contributed by atoms with E-state index in [0.717, 1.165) is 0 Å². The van der Waals surface area contributed by atoms with E-state index in [-0.39, 0.29) is 24.3 Å². The molecule has 5 heteroatoms. The maximum Gasteiger partial charge on any atom is 0.303 e. The number of rotatable bonds is 7. The largest absolute Gasteiger partial charge is 0.481 e. The fourth-order valence-corrected chi connectivity index (χ4v) is 1.27. The number of amides is 1. The van der Waals surface area contributed by atoms with Crippen LogP contribution in [0.2, 0.25) is 0 Å². The van der Waals surface area contributed by atoms with Crippen molar-refractivity contribution in [2.75, 3.05) is 0 Å². The van der Waals surface area contributed by atoms with E-state index < -0.39 is 12.0 Å². The maximum atomic E-state index is 11.5. The van der Waals surface area contributed by atoms with E-state index in [1.165, 1.54) is 0 Å². The third kappa shape index (κ3) is 6.40. The van der Waals surface area contributed by atoms with E-state index in [1.807, 2.05) is 20.8 Å². The molecule has 16 heavy (non-hydrogen) atoms. The van der Waals surface area contributed by atoms with Crippen LogP contribution < -0.4 is 11.1 Å². The first kappa shape index (κ1) is 14.9. The van der Waals surface area contributed by atoms with Gasteiger partial charge in [0, 0.05) is 12.5 Å². The van der Waals surface area contributed by atoms with E-state index in [2.05, 4.69) is 5.32 Å². The molecular formula is C11H22N2O3. The van der Waals surface area contributed by atoms with Gasteiger partial charge in [-0.25, -0.2) is 0 Å². The Morgan fingerprint density at radius 3 is 2.31 bits per heavy atom. The maximum absolute atomic E-state index is 11.5. The van der Waals surface area contributed by atoms with Crippen molar-refractivity contribution in [1.82, 2.24) is 5.32 Å². The Morgan fingerprint density at radius 1 is 1.31 bits per heavy atom. The minimum absolute atomic E-state index is 0.0309. The molecule has 1 unspecified atom stereocenters. The average Bonchev–Trinajstić information content (AvgIpc) is 2.15. The number of nitrogens with two attached hydrogens (primary N) is 1. The predicted molar refractivity (Wildman–Crippen MR) is 61.9 cm³/mol. The summed E-state index contributed by atoms with van der Waals surface area (Å²) in [6, 6.07) is -0.529. The molecule has 0 aromatic carbocycles. The van der Waals surface area contributed by atoms with Crippen LogP contribution in [0.3, 0.4) is 0 Å². The zero-order chi connectivity index (χ0) is 12.7. The number of aliphatic carboxylic acids is 1. The van der Waals surface area contributed by atoms with Crippen molar-refractivity contribution in [1.29, 1.82) is 0 Å². The van der Waals surface area contributed by atoms with Gasteiger partial charge in [0.1, 0.15) is 0 Å². The van der Waals surface area contributed by atoms with Crippen LogP contribution in [0.15, 0.2) is 0 Å². The van der Waals surface area contributed by atoms with Gasteiger partial charge in [0.05, 0.1) is 6.04 Å². The monoisotopic (exact) mass is 230 g/mol. The average molecular weight is 230 g/mol. The molecule has 4 N–H and O–H groups in total. The fourth-order valence-electron chi connectivity index (χ4n) is 1.27. The van der Waals surface area contributed by atoms with E-state index in [0.29, 0.717) is 12.8 Å². The quantitative estimate of drug-likeness (QED) is 0.601. The summed E-state index contributed by atoms with van der Waals surface area (Å²) >= 11 is 0. The lowest BCUT2D eigenvalue weighted by atomic mass is 10.0. The summed E-state index contributed by atoms with van der Waals surface area (Å²) in [4.78, 5) is 21.8. The molecule has 0 spiro atoms. The lowest BCUT2D eigenvalue weighted by Crippen LogP contribution is -2.47. The minimum atomic E-state index is -0.808. The van der Waals surface area contributed by atoms with Crippen molar-refractivity contribution in [2.24, 2.45) is 11.7 Å². The zero-order valence-corrected chi connectivity index (χ0v) is 10.2. The predicted octanol–water partition coefficient (Wildman–Crippen LogP) is 0.729. The van der Waals surface area contributed by atoms with Gasteiger partial charge in [0.25, 0.3) is 0 Å². The SMILES string of the molecule is CC(CCCC(=O)O)NC(=O)[C@H](N)C(C)C. The van der Waals surface area contributed by atoms with Crippen LogP contribution in [0.25, 0.3) is 0 Å². The van der Waals surface area contributed by atoms with E-state index in [9.17, 15) is 9.59 Å². The smallest absolute Gasteiger partial charge is 0.303 e. The third-order valence-electron chi connectivity index (χ3n) is 2.44. The normalized spacial score (nSPS) is 14.6. The van der Waals surface area contributed by atoms with Gasteiger partial charge in [-0.1, -0.05) is 13.8 Å². The molecular weight excluding hydrogens is 208 g/mol. The molecule has 0 radical (unpaired) electrons. The highest BCUT2D eigenvalue weighted by atomic mass is 16.4. The molecule has 0 saturated carbocycles. The lowest BCUT2D eigenvalue weighted by Gasteiger charge is -2.19. The molecule has 0 aromatic heterocycles. The van der Waals surface area contributed by atoms with Gasteiger partial charge in [-0.3, -0.25) is 9.59 Å². The number of carbonyl (C=O) groups is 2. The molecule has 94 valence electrons. The Hall–Kier alpha value is -1.10. The van der Waals surface area contributed by atoms with E-state index in [1.54, 1.807) is 0 Å². The molecule has 0 aliphatic carbocycles. The Balaban J connectivity index is 3.82. The second-order valence-corrected chi connectivity index (χ2v) is 4.47. The van der Waals surface area contributed by atoms with Crippen molar-refractivity contribution >= 4 is 11.9 Å². The fraction of sp³-hybridized carbons (Fsp3) is 0.818. The van der Waals surface area contributed by atoms with E-state index in [4.69, 9.17) is 10.8 Å². The number of carbonyl (C=O) groups excluding carboxylic acids is 1. The highest BCUT2D eigenvalue weighted by Gasteiger charge is 2.18. The molecule has 0 saturated heterocycles. The molecule has 0 heterocycles. The van der Waals surface area contributed by atoms with Crippen LogP contribution in [0.1, 0.15) is 40.0 Å². The van der Waals surface area contributed by atoms with Gasteiger partial charge < -0.3 is 16.2 Å². The first-order valence-electron chi connectivity index (χ1n) is 5.62. The van der Waals surface area contributed by atoms with Crippen molar-refractivity contribution in [2.45, 2.75) is 52.1 Å². The van der Waals surface area contributed by atoms with Crippen LogP contribution in [0.5, 0.6) is 0 Å². The summed E-state index contributed by atoms with van der Waals surface area (Å²) in [5.74, 6) is -0.874. The van der Waals surface area contributed by atoms with Crippen LogP contribution in [0, 0.1) is 5.92 Å². The summed E-state index contributed by atoms with van der Waals surface area (Å²) in [5.41, 5.74) is 5.68. The first-order valence-corrected chi connectivity index (χ1v) is 5.62. The lowest BCUT2D eigenvalue weighted by molar-refractivity contribution is -0.137. The van der Waals surface area contributed by atoms with Crippen LogP contribution in [-0.4, -0.2) is 29.1 Å². The molecule has 0 rings (SSSR count). The van der Waals surface area contributed by atoms with Crippen LogP contribution >= 0.6 is 0 Å². The van der Waals surface area contributed by atoms with Gasteiger partial charge in [0.15, 0.2) is 0 Å². The zero-order valence-electron chi connectivity index (χ0n) is 10.2. The van der Waals surface area contributed by atoms with Crippen LogP contribution in [0.4, 0.5) is 0 Å². The summed E-state index contributed by atoms with van der Waals surface area (Å²) in [6.07, 6.45) is 1.35. The van der Waals surface area contributed by atoms with Gasteiger partial charge in [-0.2, -0.15) is 0 Å². The standard InChI is InChI=1S/C11H22N2O3/c1-7(2)10(12)11(16)13-8(3)5-4-6-9(14)15/h7-8,10H,4-6,12H2,1-3H3,(H,13,16)(H,14,15)/t8?,10-/m1/s1. The first-order chi connectivity index (χ1) is 7.34. The highest BCUT2D eigenvalue weighted by molar-refractivity contribution is 5.81. The molecule has 0 bridgehead atoms. The van der Waals surface area contributed by atoms with Crippen LogP contribution in [-0.2, 0) is 9.59 Å². The van der Waals surface area contributed by atoms with E-state index >= 15 is 0 Å². The molecule has 0 aliphatic heterocycles. The summed E-state index contributed by atoms with van der Waals surface area (Å²) in [6.45, 7) is 5.63. The van der Waals surface area contributed by atoms with Gasteiger partial charge in [-0.15, -0.1) is 0 Å². The Labute approximate surface area is 96.4 Å². The second kappa shape index (κ2) is 7.22. The molecule has 0 aliphatic rings. The number of hydrogen-bond donors (Lipinski definition) is 3. The topological polar surface area (TPSA) is 92.4 Å². The molecule has 0 aromatic rings. The highest BCUT2D eigenvalue weighted by Crippen LogP contribution is 2.03. The summed E-state index contributed by atoms with van der Waals surface area (Å²) in [5, 5.41) is 11.2. The number of carboxylic acids is 1. The van der Waals surface area contributed by atoms with Crippen molar-refractivity contribution in [3.8, 4) is 0 Å². The van der Waals surface area contributed by atoms with Crippen molar-refractivity contribution < 1.29 is 14.7 Å². The molecule has 1 amide bonds. The van der Waals surface area contributed by atoms with Crippen molar-refractivity contribution in [3.63, 3.8) is 0 Å². The number of hydrogen-bond acceptors (Lipinski definition) is 3. The Kier molecular flexibility index (Phi) is 6.72. The van der Waals surface area contributed by atoms with Crippen molar-refractivity contribution in [3.05, 3.63) is 0 Å². The Bertz CT molecular complexity index is 241. The minimum Gasteiger partial charge on any atom is -0.481 e. The number of nitrogens with one attached hydrogen (secondary N) is 1. The second-order valence-electron chi connectivity index (χ2n) is 4.47. The molecule has 2 atom stereocenters. The van der Waals surface area contributed by atoms with Gasteiger partial charge in [0.2, 0.25) is 5.91 Å². The summed E-state index contributed by atoms with van der Waals surface area (Å²) in [7, 11) is 0. The van der Waals surface area contributed by atoms with Gasteiger partial charge >= 0.3 is 5.97 Å². The Morgan fingerprint density at radius 2 is 1.88 bits per heavy atom. The number of carboxylic acid groups (broad SMARTS) is 1. The van der Waals surface area contributed by atoms with Gasteiger partial charge in [-0.05, 0) is 25.7 Å². The molecule has 0 fully saturated rings. The summed E-state index contributed by atoms with van der Waals surface area (Å²) < 4.78 is 0. The molecule has 5 nitrogen and oxygen atoms in total.